The molecule has 168 valence electrons. The summed E-state index contributed by atoms with van der Waals surface area (Å²) < 4.78 is 56.0. The van der Waals surface area contributed by atoms with Crippen molar-refractivity contribution in [1.29, 1.82) is 0 Å². The lowest BCUT2D eigenvalue weighted by Gasteiger charge is -2.37. The van der Waals surface area contributed by atoms with Crippen LogP contribution < -0.4 is 4.72 Å². The molecule has 3 fully saturated rings. The molecule has 0 radical (unpaired) electrons. The van der Waals surface area contributed by atoms with E-state index in [-0.39, 0.29) is 35.5 Å². The number of amides is 2. The number of sulfonamides is 1. The van der Waals surface area contributed by atoms with E-state index in [1.807, 2.05) is 6.92 Å². The molecule has 3 aliphatic rings. The molecule has 1 saturated carbocycles. The minimum Gasteiger partial charge on any atom is -0.325 e. The zero-order valence-electron chi connectivity index (χ0n) is 17.7. The number of benzene rings is 1. The maximum Gasteiger partial charge on any atom is 0.320 e. The van der Waals surface area contributed by atoms with E-state index >= 15 is 4.39 Å². The predicted octanol–water partition coefficient (Wildman–Crippen LogP) is 2.29. The van der Waals surface area contributed by atoms with Gasteiger partial charge in [0.2, 0.25) is 10.0 Å². The number of hydrogen-bond donors (Lipinski definition) is 1. The van der Waals surface area contributed by atoms with Crippen molar-refractivity contribution >= 4 is 16.1 Å². The Bertz CT molecular complexity index is 1040. The average molecular weight is 452 g/mol. The molecule has 31 heavy (non-hydrogen) atoms. The average Bonchev–Trinajstić information content (AvgIpc) is 3.30. The van der Waals surface area contributed by atoms with Crippen LogP contribution in [0, 0.1) is 23.1 Å². The third-order valence-electron chi connectivity index (χ3n) is 6.30. The zero-order valence-corrected chi connectivity index (χ0v) is 18.5. The van der Waals surface area contributed by atoms with Crippen LogP contribution in [0.2, 0.25) is 0 Å². The van der Waals surface area contributed by atoms with Gasteiger partial charge in [-0.1, -0.05) is 24.0 Å². The summed E-state index contributed by atoms with van der Waals surface area (Å²) in [6.45, 7) is 2.97. The number of alkyl halides is 1. The van der Waals surface area contributed by atoms with E-state index < -0.39 is 34.1 Å². The standard InChI is InChI=1S/C22H27F2N3O3S/c1-22(9-10-22)8-7-15-5-3-6-16(19(15)24)13-18-20(25-31(2,29)30)17(23)14-27(18)21(28)26-11-4-12-26/h3,5-6,17-18,20,25H,4,9-14H2,1-2H3. The van der Waals surface area contributed by atoms with Crippen LogP contribution >= 0.6 is 0 Å². The number of rotatable bonds is 4. The molecule has 6 nitrogen and oxygen atoms in total. The van der Waals surface area contributed by atoms with Gasteiger partial charge in [-0.25, -0.2) is 26.7 Å². The number of urea groups is 1. The highest BCUT2D eigenvalue weighted by atomic mass is 32.2. The van der Waals surface area contributed by atoms with Crippen molar-refractivity contribution in [2.75, 3.05) is 25.9 Å². The first-order valence-electron chi connectivity index (χ1n) is 10.5. The van der Waals surface area contributed by atoms with E-state index in [1.54, 1.807) is 23.1 Å². The molecule has 0 bridgehead atoms. The Balaban J connectivity index is 1.63. The summed E-state index contributed by atoms with van der Waals surface area (Å²) in [6, 6.07) is 2.54. The molecule has 2 heterocycles. The van der Waals surface area contributed by atoms with Crippen LogP contribution in [0.3, 0.4) is 0 Å². The number of nitrogens with zero attached hydrogens (tertiary/aromatic N) is 2. The third kappa shape index (κ3) is 4.85. The second-order valence-electron chi connectivity index (χ2n) is 9.07. The van der Waals surface area contributed by atoms with Gasteiger partial charge in [-0.2, -0.15) is 0 Å². The molecule has 1 aromatic carbocycles. The van der Waals surface area contributed by atoms with Crippen molar-refractivity contribution < 1.29 is 22.0 Å². The lowest BCUT2D eigenvalue weighted by atomic mass is 9.97. The number of carbonyl (C=O) groups excluding carboxylic acids is 1. The van der Waals surface area contributed by atoms with Crippen molar-refractivity contribution in [2.24, 2.45) is 5.41 Å². The first kappa shape index (κ1) is 22.0. The fraction of sp³-hybridized carbons (Fsp3) is 0.591. The largest absolute Gasteiger partial charge is 0.325 e. The molecule has 2 aliphatic heterocycles. The Hall–Kier alpha value is -2.18. The monoisotopic (exact) mass is 451 g/mol. The third-order valence-corrected chi connectivity index (χ3v) is 7.01. The number of hydrogen-bond acceptors (Lipinski definition) is 3. The number of nitrogens with one attached hydrogen (secondary N) is 1. The normalized spacial score (nSPS) is 26.8. The summed E-state index contributed by atoms with van der Waals surface area (Å²) in [5.74, 6) is 5.51. The number of halogens is 2. The van der Waals surface area contributed by atoms with Crippen molar-refractivity contribution in [3.8, 4) is 11.8 Å². The molecule has 3 atom stereocenters. The van der Waals surface area contributed by atoms with Crippen LogP contribution in [-0.2, 0) is 16.4 Å². The van der Waals surface area contributed by atoms with Gasteiger partial charge < -0.3 is 9.80 Å². The van der Waals surface area contributed by atoms with Gasteiger partial charge in [-0.3, -0.25) is 0 Å². The molecule has 3 unspecified atom stereocenters. The first-order chi connectivity index (χ1) is 14.6. The highest BCUT2D eigenvalue weighted by Crippen LogP contribution is 2.44. The van der Waals surface area contributed by atoms with Crippen molar-refractivity contribution in [1.82, 2.24) is 14.5 Å². The molecule has 4 rings (SSSR count). The molecule has 1 aliphatic carbocycles. The summed E-state index contributed by atoms with van der Waals surface area (Å²) in [5.41, 5.74) is 0.488. The lowest BCUT2D eigenvalue weighted by Crippen LogP contribution is -2.54. The second-order valence-corrected chi connectivity index (χ2v) is 10.8. The molecule has 1 N–H and O–H groups in total. The highest BCUT2D eigenvalue weighted by Gasteiger charge is 2.47. The van der Waals surface area contributed by atoms with Gasteiger partial charge in [0, 0.05) is 18.5 Å². The van der Waals surface area contributed by atoms with Crippen LogP contribution in [0.15, 0.2) is 18.2 Å². The summed E-state index contributed by atoms with van der Waals surface area (Å²) in [6.07, 6.45) is 2.23. The summed E-state index contributed by atoms with van der Waals surface area (Å²) in [5, 5.41) is 0. The van der Waals surface area contributed by atoms with Gasteiger partial charge >= 0.3 is 6.03 Å². The van der Waals surface area contributed by atoms with Gasteiger partial charge in [-0.15, -0.1) is 0 Å². The zero-order chi connectivity index (χ0) is 22.4. The van der Waals surface area contributed by atoms with Gasteiger partial charge in [0.25, 0.3) is 0 Å². The fourth-order valence-electron chi connectivity index (χ4n) is 4.01. The lowest BCUT2D eigenvalue weighted by molar-refractivity contribution is 0.119. The van der Waals surface area contributed by atoms with Crippen LogP contribution in [-0.4, -0.2) is 68.4 Å². The Morgan fingerprint density at radius 2 is 2.03 bits per heavy atom. The molecular formula is C22H27F2N3O3S. The molecule has 0 aromatic heterocycles. The molecule has 0 spiro atoms. The molecule has 9 heteroatoms. The van der Waals surface area contributed by atoms with Gasteiger partial charge in [0.1, 0.15) is 12.0 Å². The molecule has 2 amide bonds. The van der Waals surface area contributed by atoms with Crippen molar-refractivity contribution in [3.63, 3.8) is 0 Å². The molecule has 2 saturated heterocycles. The van der Waals surface area contributed by atoms with Crippen molar-refractivity contribution in [3.05, 3.63) is 35.1 Å². The number of carbonyl (C=O) groups is 1. The first-order valence-corrected chi connectivity index (χ1v) is 12.4. The topological polar surface area (TPSA) is 69.7 Å². The Morgan fingerprint density at radius 1 is 1.32 bits per heavy atom. The van der Waals surface area contributed by atoms with E-state index in [0.717, 1.165) is 25.5 Å². The maximum absolute atomic E-state index is 15.2. The van der Waals surface area contributed by atoms with E-state index in [0.29, 0.717) is 13.1 Å². The minimum atomic E-state index is -3.72. The molecule has 1 aromatic rings. The summed E-state index contributed by atoms with van der Waals surface area (Å²) in [4.78, 5) is 15.8. The predicted molar refractivity (Wildman–Crippen MR) is 113 cm³/mol. The Labute approximate surface area is 182 Å². The van der Waals surface area contributed by atoms with Gasteiger partial charge in [0.15, 0.2) is 0 Å². The van der Waals surface area contributed by atoms with Crippen LogP contribution in [0.25, 0.3) is 0 Å². The number of likely N-dealkylation sites (tertiary alicyclic amines) is 2. The van der Waals surface area contributed by atoms with Crippen molar-refractivity contribution in [2.45, 2.75) is 50.9 Å². The van der Waals surface area contributed by atoms with E-state index in [2.05, 4.69) is 16.6 Å². The smallest absolute Gasteiger partial charge is 0.320 e. The van der Waals surface area contributed by atoms with E-state index in [1.165, 1.54) is 4.90 Å². The summed E-state index contributed by atoms with van der Waals surface area (Å²) >= 11 is 0. The van der Waals surface area contributed by atoms with Crippen LogP contribution in [0.1, 0.15) is 37.3 Å². The quantitative estimate of drug-likeness (QED) is 0.715. The highest BCUT2D eigenvalue weighted by molar-refractivity contribution is 7.88. The summed E-state index contributed by atoms with van der Waals surface area (Å²) in [7, 11) is -3.72. The minimum absolute atomic E-state index is 0.00813. The fourth-order valence-corrected chi connectivity index (χ4v) is 4.81. The van der Waals surface area contributed by atoms with E-state index in [9.17, 15) is 17.6 Å². The van der Waals surface area contributed by atoms with Crippen LogP contribution in [0.4, 0.5) is 13.6 Å². The second kappa shape index (κ2) is 8.06. The van der Waals surface area contributed by atoms with Gasteiger partial charge in [-0.05, 0) is 44.2 Å². The Morgan fingerprint density at radius 3 is 2.61 bits per heavy atom. The Kier molecular flexibility index (Phi) is 5.73. The SMILES string of the molecule is CC1(C#Cc2cccc(CC3C(NS(C)(=O)=O)C(F)CN3C(=O)N3CCC3)c2F)CC1. The van der Waals surface area contributed by atoms with Gasteiger partial charge in [0.05, 0.1) is 30.4 Å². The maximum atomic E-state index is 15.2. The van der Waals surface area contributed by atoms with E-state index in [4.69, 9.17) is 0 Å². The molecular weight excluding hydrogens is 424 g/mol. The van der Waals surface area contributed by atoms with Crippen LogP contribution in [0.5, 0.6) is 0 Å².